The lowest BCUT2D eigenvalue weighted by atomic mass is 10.2. The van der Waals surface area contributed by atoms with Crippen LogP contribution in [0.3, 0.4) is 0 Å². The maximum Gasteiger partial charge on any atom is 0.348 e. The average molecular weight is 359 g/mol. The van der Waals surface area contributed by atoms with Crippen LogP contribution in [0.4, 0.5) is 5.00 Å². The van der Waals surface area contributed by atoms with E-state index in [1.54, 1.807) is 13.8 Å². The van der Waals surface area contributed by atoms with E-state index in [0.29, 0.717) is 5.56 Å². The highest BCUT2D eigenvalue weighted by atomic mass is 32.2. The fourth-order valence-electron chi connectivity index (χ4n) is 1.61. The van der Waals surface area contributed by atoms with Crippen molar-refractivity contribution in [3.8, 4) is 6.07 Å². The molecule has 0 bridgehead atoms. The second-order valence-corrected chi connectivity index (χ2v) is 7.77. The first kappa shape index (κ1) is 19.1. The summed E-state index contributed by atoms with van der Waals surface area (Å²) in [6, 6.07) is 1.93. The molecule has 1 N–H and O–H groups in total. The highest BCUT2D eigenvalue weighted by Gasteiger charge is 2.23. The van der Waals surface area contributed by atoms with E-state index in [9.17, 15) is 23.3 Å². The van der Waals surface area contributed by atoms with Gasteiger partial charge >= 0.3 is 5.97 Å². The Labute approximate surface area is 138 Å². The minimum Gasteiger partial charge on any atom is -0.462 e. The van der Waals surface area contributed by atoms with Crippen molar-refractivity contribution in [1.82, 2.24) is 4.31 Å². The van der Waals surface area contributed by atoms with Crippen molar-refractivity contribution in [2.24, 2.45) is 0 Å². The summed E-state index contributed by atoms with van der Waals surface area (Å²) < 4.78 is 28.4. The van der Waals surface area contributed by atoms with E-state index in [0.717, 1.165) is 21.9 Å². The van der Waals surface area contributed by atoms with Crippen LogP contribution in [-0.4, -0.2) is 51.1 Å². The van der Waals surface area contributed by atoms with E-state index >= 15 is 0 Å². The SMILES string of the molecule is CCOC(=O)c1sc(NC(=O)CN(C)S(C)(=O)=O)c(C#N)c1C. The Hall–Kier alpha value is -1.96. The van der Waals surface area contributed by atoms with Crippen LogP contribution < -0.4 is 5.32 Å². The number of likely N-dealkylation sites (N-methyl/N-ethyl adjacent to an activating group) is 1. The zero-order chi connectivity index (χ0) is 17.8. The van der Waals surface area contributed by atoms with Crippen LogP contribution in [-0.2, 0) is 19.6 Å². The molecule has 0 unspecified atom stereocenters. The van der Waals surface area contributed by atoms with E-state index in [4.69, 9.17) is 4.74 Å². The summed E-state index contributed by atoms with van der Waals surface area (Å²) in [5, 5.41) is 11.9. The summed E-state index contributed by atoms with van der Waals surface area (Å²) >= 11 is 0.925. The molecule has 1 heterocycles. The summed E-state index contributed by atoms with van der Waals surface area (Å²) in [5.74, 6) is -1.17. The molecule has 0 radical (unpaired) electrons. The Morgan fingerprint density at radius 2 is 2.04 bits per heavy atom. The van der Waals surface area contributed by atoms with Gasteiger partial charge in [-0.25, -0.2) is 13.2 Å². The van der Waals surface area contributed by atoms with Gasteiger partial charge in [0.15, 0.2) is 0 Å². The van der Waals surface area contributed by atoms with Crippen molar-refractivity contribution >= 4 is 38.2 Å². The molecule has 1 amide bonds. The van der Waals surface area contributed by atoms with E-state index < -0.39 is 28.4 Å². The quantitative estimate of drug-likeness (QED) is 0.755. The molecular weight excluding hydrogens is 342 g/mol. The van der Waals surface area contributed by atoms with E-state index in [2.05, 4.69) is 5.32 Å². The van der Waals surface area contributed by atoms with Gasteiger partial charge in [0, 0.05) is 7.05 Å². The number of amides is 1. The monoisotopic (exact) mass is 359 g/mol. The lowest BCUT2D eigenvalue weighted by Gasteiger charge is -2.13. The standard InChI is InChI=1S/C13H17N3O5S2/c1-5-21-13(18)11-8(2)9(6-14)12(22-11)15-10(17)7-16(3)23(4,19)20/h5,7H2,1-4H3,(H,15,17). The van der Waals surface area contributed by atoms with Gasteiger partial charge in [0.05, 0.1) is 25.0 Å². The minimum atomic E-state index is -3.49. The molecule has 0 atom stereocenters. The van der Waals surface area contributed by atoms with Gasteiger partial charge in [0.25, 0.3) is 0 Å². The van der Waals surface area contributed by atoms with Crippen LogP contribution in [0.15, 0.2) is 0 Å². The Kier molecular flexibility index (Phi) is 6.26. The molecule has 0 saturated carbocycles. The molecule has 0 saturated heterocycles. The molecule has 1 rings (SSSR count). The van der Waals surface area contributed by atoms with Crippen molar-refractivity contribution in [3.05, 3.63) is 16.0 Å². The number of hydrogen-bond acceptors (Lipinski definition) is 7. The average Bonchev–Trinajstić information content (AvgIpc) is 2.73. The van der Waals surface area contributed by atoms with Crippen LogP contribution in [0.2, 0.25) is 0 Å². The maximum absolute atomic E-state index is 11.9. The van der Waals surface area contributed by atoms with Gasteiger partial charge in [-0.2, -0.15) is 9.57 Å². The third-order valence-corrected chi connectivity index (χ3v) is 5.35. The third-order valence-electron chi connectivity index (χ3n) is 2.90. The summed E-state index contributed by atoms with van der Waals surface area (Å²) in [6.45, 7) is 3.05. The van der Waals surface area contributed by atoms with Gasteiger partial charge in [-0.15, -0.1) is 11.3 Å². The molecule has 0 aliphatic rings. The lowest BCUT2D eigenvalue weighted by molar-refractivity contribution is -0.116. The molecule has 0 spiro atoms. The number of nitriles is 1. The molecule has 8 nitrogen and oxygen atoms in total. The normalized spacial score (nSPS) is 11.1. The van der Waals surface area contributed by atoms with Crippen LogP contribution in [0.1, 0.15) is 27.7 Å². The molecule has 0 aliphatic carbocycles. The minimum absolute atomic E-state index is 0.161. The number of rotatable bonds is 6. The fraction of sp³-hybridized carbons (Fsp3) is 0.462. The van der Waals surface area contributed by atoms with Gasteiger partial charge < -0.3 is 10.1 Å². The van der Waals surface area contributed by atoms with Crippen LogP contribution in [0.25, 0.3) is 0 Å². The zero-order valence-electron chi connectivity index (χ0n) is 13.2. The summed E-state index contributed by atoms with van der Waals surface area (Å²) in [5.41, 5.74) is 0.580. The van der Waals surface area contributed by atoms with Crippen LogP contribution >= 0.6 is 11.3 Å². The summed E-state index contributed by atoms with van der Waals surface area (Å²) in [6.07, 6.45) is 0.981. The van der Waals surface area contributed by atoms with Gasteiger partial charge in [-0.05, 0) is 19.4 Å². The maximum atomic E-state index is 11.9. The van der Waals surface area contributed by atoms with Gasteiger partial charge in [-0.1, -0.05) is 0 Å². The fourth-order valence-corrected chi connectivity index (χ4v) is 3.03. The highest BCUT2D eigenvalue weighted by molar-refractivity contribution is 7.88. The van der Waals surface area contributed by atoms with E-state index in [1.165, 1.54) is 7.05 Å². The number of ether oxygens (including phenoxy) is 1. The highest BCUT2D eigenvalue weighted by Crippen LogP contribution is 2.33. The van der Waals surface area contributed by atoms with E-state index in [1.807, 2.05) is 6.07 Å². The summed E-state index contributed by atoms with van der Waals surface area (Å²) in [7, 11) is -2.23. The van der Waals surface area contributed by atoms with Crippen LogP contribution in [0.5, 0.6) is 0 Å². The number of thiophene rings is 1. The number of sulfonamides is 1. The van der Waals surface area contributed by atoms with Crippen molar-refractivity contribution in [2.45, 2.75) is 13.8 Å². The molecule has 0 aliphatic heterocycles. The first-order valence-corrected chi connectivity index (χ1v) is 9.20. The Morgan fingerprint density at radius 1 is 1.43 bits per heavy atom. The number of nitrogens with zero attached hydrogens (tertiary/aromatic N) is 2. The molecular formula is C13H17N3O5S2. The predicted octanol–water partition coefficient (Wildman–Crippen LogP) is 0.935. The number of carbonyl (C=O) groups excluding carboxylic acids is 2. The topological polar surface area (TPSA) is 117 Å². The van der Waals surface area contributed by atoms with Gasteiger partial charge in [0.2, 0.25) is 15.9 Å². The number of hydrogen-bond donors (Lipinski definition) is 1. The molecule has 1 aromatic rings. The van der Waals surface area contributed by atoms with Crippen LogP contribution in [0, 0.1) is 18.3 Å². The second kappa shape index (κ2) is 7.54. The third kappa shape index (κ3) is 4.75. The number of esters is 1. The molecule has 0 fully saturated rings. The molecule has 126 valence electrons. The van der Waals surface area contributed by atoms with E-state index in [-0.39, 0.29) is 22.0 Å². The lowest BCUT2D eigenvalue weighted by Crippen LogP contribution is -2.34. The Morgan fingerprint density at radius 3 is 2.52 bits per heavy atom. The molecule has 1 aromatic heterocycles. The van der Waals surface area contributed by atoms with Crippen molar-refractivity contribution in [3.63, 3.8) is 0 Å². The molecule has 23 heavy (non-hydrogen) atoms. The second-order valence-electron chi connectivity index (χ2n) is 4.66. The molecule has 10 heteroatoms. The van der Waals surface area contributed by atoms with Crippen molar-refractivity contribution in [1.29, 1.82) is 5.26 Å². The number of nitrogens with one attached hydrogen (secondary N) is 1. The largest absolute Gasteiger partial charge is 0.462 e. The zero-order valence-corrected chi connectivity index (χ0v) is 14.8. The predicted molar refractivity (Wildman–Crippen MR) is 85.8 cm³/mol. The van der Waals surface area contributed by atoms with Gasteiger partial charge in [0.1, 0.15) is 15.9 Å². The number of carbonyl (C=O) groups is 2. The smallest absolute Gasteiger partial charge is 0.348 e. The number of anilines is 1. The first-order chi connectivity index (χ1) is 10.6. The first-order valence-electron chi connectivity index (χ1n) is 6.53. The van der Waals surface area contributed by atoms with Crippen molar-refractivity contribution < 1.29 is 22.7 Å². The van der Waals surface area contributed by atoms with Crippen molar-refractivity contribution in [2.75, 3.05) is 31.8 Å². The van der Waals surface area contributed by atoms with Gasteiger partial charge in [-0.3, -0.25) is 4.79 Å². The Bertz CT molecular complexity index is 761. The Balaban J connectivity index is 3.01. The summed E-state index contributed by atoms with van der Waals surface area (Å²) in [4.78, 5) is 24.0. The molecule has 0 aromatic carbocycles.